The van der Waals surface area contributed by atoms with Crippen molar-refractivity contribution in [3.63, 3.8) is 0 Å². The van der Waals surface area contributed by atoms with Crippen molar-refractivity contribution in [1.82, 2.24) is 9.80 Å². The van der Waals surface area contributed by atoms with Crippen molar-refractivity contribution < 1.29 is 28.2 Å². The van der Waals surface area contributed by atoms with E-state index in [0.717, 1.165) is 5.56 Å². The van der Waals surface area contributed by atoms with Gasteiger partial charge in [-0.3, -0.25) is 15.0 Å². The normalized spacial score (nSPS) is 15.7. The van der Waals surface area contributed by atoms with E-state index in [1.54, 1.807) is 28.9 Å². The summed E-state index contributed by atoms with van der Waals surface area (Å²) in [6.45, 7) is 12.6. The predicted molar refractivity (Wildman–Crippen MR) is 147 cm³/mol. The minimum atomic E-state index is -0.645. The van der Waals surface area contributed by atoms with Gasteiger partial charge in [0.2, 0.25) is 0 Å². The maximum atomic E-state index is 15.6. The van der Waals surface area contributed by atoms with Crippen LogP contribution in [0.3, 0.4) is 0 Å². The van der Waals surface area contributed by atoms with Gasteiger partial charge >= 0.3 is 0 Å². The van der Waals surface area contributed by atoms with Crippen LogP contribution < -0.4 is 9.47 Å². The standard InChI is InChI=1S/C30H38FN3O5/c1-6-38-24-17-19-8-9-34(28(32)25(19)26(31)27(24)39-7-2)18-23(35)20-14-21(16-22(15-20)30(3,4)5)29(36)33-10-12-37-13-11-33/h14-17,32H,6-13,18H2,1-5H3. The summed E-state index contributed by atoms with van der Waals surface area (Å²) in [4.78, 5) is 30.2. The zero-order valence-electron chi connectivity index (χ0n) is 23.5. The number of nitrogens with one attached hydrogen (secondary N) is 1. The number of fused-ring (bicyclic) bond motifs is 1. The maximum Gasteiger partial charge on any atom is 0.254 e. The lowest BCUT2D eigenvalue weighted by Crippen LogP contribution is -2.42. The third-order valence-electron chi connectivity index (χ3n) is 7.06. The molecule has 2 heterocycles. The fourth-order valence-corrected chi connectivity index (χ4v) is 4.90. The topological polar surface area (TPSA) is 92.2 Å². The minimum Gasteiger partial charge on any atom is -0.490 e. The number of halogens is 1. The number of amides is 1. The van der Waals surface area contributed by atoms with E-state index >= 15 is 4.39 Å². The second kappa shape index (κ2) is 11.7. The molecule has 39 heavy (non-hydrogen) atoms. The molecule has 2 aromatic carbocycles. The SMILES string of the molecule is CCOc1cc2c(c(F)c1OCC)C(=N)N(CC(=O)c1cc(C(=O)N3CCOCC3)cc(C(C)(C)C)c1)CC2. The number of rotatable bonds is 8. The van der Waals surface area contributed by atoms with Gasteiger partial charge in [0.25, 0.3) is 5.91 Å². The average Bonchev–Trinajstić information content (AvgIpc) is 2.91. The van der Waals surface area contributed by atoms with E-state index in [9.17, 15) is 9.59 Å². The van der Waals surface area contributed by atoms with Gasteiger partial charge in [-0.1, -0.05) is 20.8 Å². The summed E-state index contributed by atoms with van der Waals surface area (Å²) in [5.41, 5.74) is 2.24. The molecule has 4 rings (SSSR count). The third kappa shape index (κ3) is 6.08. The first-order chi connectivity index (χ1) is 18.5. The number of carbonyl (C=O) groups is 2. The van der Waals surface area contributed by atoms with E-state index < -0.39 is 5.82 Å². The quantitative estimate of drug-likeness (QED) is 0.498. The van der Waals surface area contributed by atoms with E-state index in [4.69, 9.17) is 19.6 Å². The fraction of sp³-hybridized carbons (Fsp3) is 0.500. The van der Waals surface area contributed by atoms with Crippen LogP contribution in [0.5, 0.6) is 11.5 Å². The number of amidine groups is 1. The van der Waals surface area contributed by atoms with Gasteiger partial charge < -0.3 is 24.0 Å². The van der Waals surface area contributed by atoms with E-state index in [2.05, 4.69) is 0 Å². The van der Waals surface area contributed by atoms with Crippen molar-refractivity contribution in [1.29, 1.82) is 5.41 Å². The lowest BCUT2D eigenvalue weighted by molar-refractivity contribution is 0.0303. The highest BCUT2D eigenvalue weighted by molar-refractivity contribution is 6.06. The zero-order chi connectivity index (χ0) is 28.3. The molecule has 0 bridgehead atoms. The molecule has 8 nitrogen and oxygen atoms in total. The molecule has 0 saturated carbocycles. The van der Waals surface area contributed by atoms with Crippen molar-refractivity contribution in [2.24, 2.45) is 0 Å². The van der Waals surface area contributed by atoms with Crippen molar-refractivity contribution in [2.45, 2.75) is 46.5 Å². The Morgan fingerprint density at radius 1 is 1.00 bits per heavy atom. The van der Waals surface area contributed by atoms with Gasteiger partial charge in [-0.2, -0.15) is 0 Å². The first kappa shape index (κ1) is 28.5. The molecule has 0 aromatic heterocycles. The summed E-state index contributed by atoms with van der Waals surface area (Å²) in [5, 5.41) is 8.78. The number of benzene rings is 2. The highest BCUT2D eigenvalue weighted by Gasteiger charge is 2.31. The number of carbonyl (C=O) groups excluding carboxylic acids is 2. The van der Waals surface area contributed by atoms with Crippen LogP contribution in [-0.2, 0) is 16.6 Å². The predicted octanol–water partition coefficient (Wildman–Crippen LogP) is 4.46. The Bertz CT molecular complexity index is 1260. The molecule has 0 atom stereocenters. The monoisotopic (exact) mass is 539 g/mol. The summed E-state index contributed by atoms with van der Waals surface area (Å²) in [7, 11) is 0. The number of Topliss-reactive ketones (excluding diaryl/α,β-unsaturated/α-hetero) is 1. The van der Waals surface area contributed by atoms with Gasteiger partial charge in [0.1, 0.15) is 5.84 Å². The number of hydrogen-bond acceptors (Lipinski definition) is 6. The number of ether oxygens (including phenoxy) is 3. The third-order valence-corrected chi connectivity index (χ3v) is 7.06. The molecule has 0 unspecified atom stereocenters. The smallest absolute Gasteiger partial charge is 0.254 e. The Balaban J connectivity index is 1.62. The van der Waals surface area contributed by atoms with E-state index in [-0.39, 0.29) is 47.4 Å². The zero-order valence-corrected chi connectivity index (χ0v) is 23.5. The van der Waals surface area contributed by atoms with Gasteiger partial charge in [-0.05, 0) is 61.1 Å². The van der Waals surface area contributed by atoms with Crippen LogP contribution in [0.4, 0.5) is 4.39 Å². The van der Waals surface area contributed by atoms with Crippen LogP contribution in [0.2, 0.25) is 0 Å². The molecule has 0 aliphatic carbocycles. The van der Waals surface area contributed by atoms with E-state index in [0.29, 0.717) is 68.3 Å². The maximum absolute atomic E-state index is 15.6. The summed E-state index contributed by atoms with van der Waals surface area (Å²) in [6, 6.07) is 7.05. The number of ketones is 1. The molecular weight excluding hydrogens is 501 g/mol. The molecule has 9 heteroatoms. The largest absolute Gasteiger partial charge is 0.490 e. The number of hydrogen-bond donors (Lipinski definition) is 1. The molecule has 1 saturated heterocycles. The highest BCUT2D eigenvalue weighted by Crippen LogP contribution is 2.37. The van der Waals surface area contributed by atoms with Crippen LogP contribution in [0.25, 0.3) is 0 Å². The molecule has 0 radical (unpaired) electrons. The van der Waals surface area contributed by atoms with Crippen LogP contribution in [0.1, 0.15) is 72.0 Å². The highest BCUT2D eigenvalue weighted by atomic mass is 19.1. The van der Waals surface area contributed by atoms with E-state index in [1.165, 1.54) is 0 Å². The average molecular weight is 540 g/mol. The Hall–Kier alpha value is -3.46. The summed E-state index contributed by atoms with van der Waals surface area (Å²) < 4.78 is 32.1. The van der Waals surface area contributed by atoms with Crippen molar-refractivity contribution in [3.8, 4) is 11.5 Å². The molecule has 2 aliphatic heterocycles. The summed E-state index contributed by atoms with van der Waals surface area (Å²) in [6.07, 6.45) is 0.456. The van der Waals surface area contributed by atoms with E-state index in [1.807, 2.05) is 39.8 Å². The van der Waals surface area contributed by atoms with Crippen molar-refractivity contribution in [2.75, 3.05) is 52.6 Å². The molecule has 2 aromatic rings. The van der Waals surface area contributed by atoms with Crippen LogP contribution >= 0.6 is 0 Å². The number of morpholine rings is 1. The second-order valence-electron chi connectivity index (χ2n) is 10.8. The first-order valence-corrected chi connectivity index (χ1v) is 13.6. The Labute approximate surface area is 229 Å². The van der Waals surface area contributed by atoms with Gasteiger partial charge in [0.05, 0.1) is 38.5 Å². The minimum absolute atomic E-state index is 0.0137. The van der Waals surface area contributed by atoms with Crippen molar-refractivity contribution >= 4 is 17.5 Å². The lowest BCUT2D eigenvalue weighted by atomic mass is 9.84. The molecule has 1 amide bonds. The molecular formula is C30H38FN3O5. The molecule has 0 spiro atoms. The van der Waals surface area contributed by atoms with Gasteiger partial charge in [0, 0.05) is 30.8 Å². The van der Waals surface area contributed by atoms with Gasteiger partial charge in [0.15, 0.2) is 23.1 Å². The first-order valence-electron chi connectivity index (χ1n) is 13.6. The molecule has 210 valence electrons. The van der Waals surface area contributed by atoms with Crippen molar-refractivity contribution in [3.05, 3.63) is 57.9 Å². The molecule has 1 N–H and O–H groups in total. The summed E-state index contributed by atoms with van der Waals surface area (Å²) >= 11 is 0. The van der Waals surface area contributed by atoms with Crippen LogP contribution in [0, 0.1) is 11.2 Å². The van der Waals surface area contributed by atoms with Crippen LogP contribution in [0.15, 0.2) is 24.3 Å². The Kier molecular flexibility index (Phi) is 8.59. The molecule has 1 fully saturated rings. The Morgan fingerprint density at radius 2 is 1.67 bits per heavy atom. The lowest BCUT2D eigenvalue weighted by Gasteiger charge is -2.32. The second-order valence-corrected chi connectivity index (χ2v) is 10.8. The van der Waals surface area contributed by atoms with Crippen LogP contribution in [-0.4, -0.2) is 79.9 Å². The van der Waals surface area contributed by atoms with Gasteiger partial charge in [-0.25, -0.2) is 4.39 Å². The number of nitrogens with zero attached hydrogens (tertiary/aromatic N) is 2. The fourth-order valence-electron chi connectivity index (χ4n) is 4.90. The van der Waals surface area contributed by atoms with Gasteiger partial charge in [-0.15, -0.1) is 0 Å². The summed E-state index contributed by atoms with van der Waals surface area (Å²) in [5.74, 6) is -0.768. The Morgan fingerprint density at radius 3 is 2.31 bits per heavy atom. The molecule has 2 aliphatic rings.